The van der Waals surface area contributed by atoms with E-state index in [1.54, 1.807) is 6.20 Å². The molecule has 0 aliphatic carbocycles. The second-order valence-corrected chi connectivity index (χ2v) is 2.94. The van der Waals surface area contributed by atoms with Gasteiger partial charge in [0.25, 0.3) is 0 Å². The van der Waals surface area contributed by atoms with E-state index in [1.807, 2.05) is 32.0 Å². The molecule has 84 valence electrons. The maximum Gasteiger partial charge on any atom is 0.174 e. The predicted octanol–water partition coefficient (Wildman–Crippen LogP) is 1.89. The summed E-state index contributed by atoms with van der Waals surface area (Å²) >= 11 is 0. The number of aromatic nitrogens is 1. The first kappa shape index (κ1) is 11.9. The number of nitrogens with zero attached hydrogens (tertiary/aromatic N) is 1. The summed E-state index contributed by atoms with van der Waals surface area (Å²) < 4.78 is 10.8. The third kappa shape index (κ3) is 4.76. The van der Waals surface area contributed by atoms with Crippen molar-refractivity contribution in [1.29, 1.82) is 0 Å². The van der Waals surface area contributed by atoms with Crippen LogP contribution in [0.5, 0.6) is 0 Å². The Morgan fingerprint density at radius 2 is 2.00 bits per heavy atom. The summed E-state index contributed by atoms with van der Waals surface area (Å²) in [6.45, 7) is 5.81. The van der Waals surface area contributed by atoms with Gasteiger partial charge >= 0.3 is 0 Å². The molecule has 0 saturated heterocycles. The molecule has 0 aliphatic heterocycles. The van der Waals surface area contributed by atoms with Crippen molar-refractivity contribution in [1.82, 2.24) is 4.98 Å². The van der Waals surface area contributed by atoms with Crippen LogP contribution in [0.25, 0.3) is 0 Å². The Labute approximate surface area is 90.6 Å². The van der Waals surface area contributed by atoms with Crippen molar-refractivity contribution >= 4 is 5.82 Å². The normalized spacial score (nSPS) is 10.6. The highest BCUT2D eigenvalue weighted by atomic mass is 16.7. The molecule has 0 bridgehead atoms. The molecular formula is C11H18N2O2. The molecule has 0 radical (unpaired) electrons. The van der Waals surface area contributed by atoms with Gasteiger partial charge in [0.05, 0.1) is 6.54 Å². The molecule has 4 heteroatoms. The first-order chi connectivity index (χ1) is 7.36. The molecule has 4 nitrogen and oxygen atoms in total. The lowest BCUT2D eigenvalue weighted by Crippen LogP contribution is -2.26. The van der Waals surface area contributed by atoms with Crippen LogP contribution in [0.15, 0.2) is 24.4 Å². The summed E-state index contributed by atoms with van der Waals surface area (Å²) in [6.07, 6.45) is 1.54. The lowest BCUT2D eigenvalue weighted by atomic mass is 10.4. The monoisotopic (exact) mass is 210 g/mol. The second-order valence-electron chi connectivity index (χ2n) is 2.94. The zero-order chi connectivity index (χ0) is 10.9. The van der Waals surface area contributed by atoms with Crippen LogP contribution < -0.4 is 5.32 Å². The van der Waals surface area contributed by atoms with Crippen LogP contribution in [0.4, 0.5) is 5.82 Å². The molecule has 0 amide bonds. The van der Waals surface area contributed by atoms with Gasteiger partial charge < -0.3 is 14.8 Å². The minimum Gasteiger partial charge on any atom is -0.365 e. The van der Waals surface area contributed by atoms with Crippen molar-refractivity contribution in [2.24, 2.45) is 0 Å². The summed E-state index contributed by atoms with van der Waals surface area (Å²) in [7, 11) is 0. The van der Waals surface area contributed by atoms with Crippen LogP contribution >= 0.6 is 0 Å². The first-order valence-electron chi connectivity index (χ1n) is 5.25. The summed E-state index contributed by atoms with van der Waals surface area (Å²) in [4.78, 5) is 4.15. The quantitative estimate of drug-likeness (QED) is 0.698. The predicted molar refractivity (Wildman–Crippen MR) is 59.8 cm³/mol. The largest absolute Gasteiger partial charge is 0.365 e. The van der Waals surface area contributed by atoms with Gasteiger partial charge in [-0.3, -0.25) is 0 Å². The number of hydrogen-bond donors (Lipinski definition) is 1. The maximum absolute atomic E-state index is 5.39. The highest BCUT2D eigenvalue weighted by molar-refractivity contribution is 5.32. The SMILES string of the molecule is CCOC(CNc1ccccn1)OCC. The molecule has 15 heavy (non-hydrogen) atoms. The Morgan fingerprint density at radius 3 is 2.53 bits per heavy atom. The van der Waals surface area contributed by atoms with E-state index in [1.165, 1.54) is 0 Å². The first-order valence-corrected chi connectivity index (χ1v) is 5.25. The van der Waals surface area contributed by atoms with Gasteiger partial charge in [-0.1, -0.05) is 6.07 Å². The molecule has 1 aromatic heterocycles. The molecule has 0 aliphatic rings. The molecule has 0 saturated carbocycles. The minimum atomic E-state index is -0.206. The van der Waals surface area contributed by atoms with Crippen molar-refractivity contribution in [3.8, 4) is 0 Å². The highest BCUT2D eigenvalue weighted by Crippen LogP contribution is 2.02. The van der Waals surface area contributed by atoms with Crippen molar-refractivity contribution < 1.29 is 9.47 Å². The lowest BCUT2D eigenvalue weighted by Gasteiger charge is -2.17. The Bertz CT molecular complexity index is 248. The molecule has 0 atom stereocenters. The number of pyridine rings is 1. The number of anilines is 1. The van der Waals surface area contributed by atoms with Gasteiger partial charge in [0, 0.05) is 19.4 Å². The molecule has 1 aromatic rings. The third-order valence-electron chi connectivity index (χ3n) is 1.82. The van der Waals surface area contributed by atoms with Crippen LogP contribution in [0.1, 0.15) is 13.8 Å². The maximum atomic E-state index is 5.39. The van der Waals surface area contributed by atoms with E-state index >= 15 is 0 Å². The fourth-order valence-corrected chi connectivity index (χ4v) is 1.19. The van der Waals surface area contributed by atoms with E-state index in [4.69, 9.17) is 9.47 Å². The Kier molecular flexibility index (Phi) is 5.73. The van der Waals surface area contributed by atoms with E-state index in [0.29, 0.717) is 19.8 Å². The van der Waals surface area contributed by atoms with E-state index in [-0.39, 0.29) is 6.29 Å². The van der Waals surface area contributed by atoms with Crippen molar-refractivity contribution in [2.45, 2.75) is 20.1 Å². The van der Waals surface area contributed by atoms with Gasteiger partial charge in [-0.2, -0.15) is 0 Å². The summed E-state index contributed by atoms with van der Waals surface area (Å²) in [6, 6.07) is 5.73. The fourth-order valence-electron chi connectivity index (χ4n) is 1.19. The fraction of sp³-hybridized carbons (Fsp3) is 0.545. The molecule has 1 N–H and O–H groups in total. The molecule has 0 aromatic carbocycles. The van der Waals surface area contributed by atoms with Gasteiger partial charge in [0.2, 0.25) is 0 Å². The molecule has 1 heterocycles. The zero-order valence-corrected chi connectivity index (χ0v) is 9.27. The number of hydrogen-bond acceptors (Lipinski definition) is 4. The number of ether oxygens (including phenoxy) is 2. The second kappa shape index (κ2) is 7.20. The Morgan fingerprint density at radius 1 is 1.27 bits per heavy atom. The number of rotatable bonds is 7. The van der Waals surface area contributed by atoms with Crippen molar-refractivity contribution in [3.05, 3.63) is 24.4 Å². The van der Waals surface area contributed by atoms with Gasteiger partial charge in [-0.15, -0.1) is 0 Å². The van der Waals surface area contributed by atoms with E-state index < -0.39 is 0 Å². The average molecular weight is 210 g/mol. The van der Waals surface area contributed by atoms with Crippen LogP contribution in [0.2, 0.25) is 0 Å². The third-order valence-corrected chi connectivity index (χ3v) is 1.82. The van der Waals surface area contributed by atoms with Gasteiger partial charge in [0.1, 0.15) is 5.82 Å². The van der Waals surface area contributed by atoms with Crippen molar-refractivity contribution in [2.75, 3.05) is 25.1 Å². The van der Waals surface area contributed by atoms with E-state index in [2.05, 4.69) is 10.3 Å². The number of nitrogens with one attached hydrogen (secondary N) is 1. The van der Waals surface area contributed by atoms with Crippen molar-refractivity contribution in [3.63, 3.8) is 0 Å². The molecule has 0 unspecified atom stereocenters. The summed E-state index contributed by atoms with van der Waals surface area (Å²) in [5.74, 6) is 0.835. The van der Waals surface area contributed by atoms with E-state index in [9.17, 15) is 0 Å². The van der Waals surface area contributed by atoms with Crippen LogP contribution in [-0.2, 0) is 9.47 Å². The van der Waals surface area contributed by atoms with Gasteiger partial charge in [-0.25, -0.2) is 4.98 Å². The average Bonchev–Trinajstić information content (AvgIpc) is 2.28. The summed E-state index contributed by atoms with van der Waals surface area (Å²) in [5.41, 5.74) is 0. The standard InChI is InChI=1S/C11H18N2O2/c1-3-14-11(15-4-2)9-13-10-7-5-6-8-12-10/h5-8,11H,3-4,9H2,1-2H3,(H,12,13). The van der Waals surface area contributed by atoms with Crippen LogP contribution in [0, 0.1) is 0 Å². The van der Waals surface area contributed by atoms with Crippen LogP contribution in [-0.4, -0.2) is 31.0 Å². The van der Waals surface area contributed by atoms with Crippen LogP contribution in [0.3, 0.4) is 0 Å². The minimum absolute atomic E-state index is 0.206. The molecule has 0 fully saturated rings. The van der Waals surface area contributed by atoms with Gasteiger partial charge in [-0.05, 0) is 26.0 Å². The van der Waals surface area contributed by atoms with Gasteiger partial charge in [0.15, 0.2) is 6.29 Å². The molecule has 1 rings (SSSR count). The summed E-state index contributed by atoms with van der Waals surface area (Å²) in [5, 5.41) is 3.15. The van der Waals surface area contributed by atoms with E-state index in [0.717, 1.165) is 5.82 Å². The molecular weight excluding hydrogens is 192 g/mol. The Balaban J connectivity index is 2.33. The smallest absolute Gasteiger partial charge is 0.174 e. The molecule has 0 spiro atoms. The lowest BCUT2D eigenvalue weighted by molar-refractivity contribution is -0.126. The zero-order valence-electron chi connectivity index (χ0n) is 9.27. The topological polar surface area (TPSA) is 43.4 Å². The Hall–Kier alpha value is -1.13. The highest BCUT2D eigenvalue weighted by Gasteiger charge is 2.06.